The summed E-state index contributed by atoms with van der Waals surface area (Å²) in [5.74, 6) is 0.818. The smallest absolute Gasteiger partial charge is 0.154 e. The quantitative estimate of drug-likeness (QED) is 0.103. The zero-order valence-corrected chi connectivity index (χ0v) is 29.0. The van der Waals surface area contributed by atoms with Gasteiger partial charge in [0.15, 0.2) is 5.84 Å². The van der Waals surface area contributed by atoms with Gasteiger partial charge >= 0.3 is 0 Å². The maximum atomic E-state index is 8.77. The molecule has 0 saturated carbocycles. The molecule has 0 atom stereocenters. The number of aliphatic imine (C=N–C) groups is 1. The highest BCUT2D eigenvalue weighted by molar-refractivity contribution is 6.22. The Bertz CT molecular complexity index is 2790. The molecule has 0 fully saturated rings. The summed E-state index contributed by atoms with van der Waals surface area (Å²) >= 11 is 0. The zero-order chi connectivity index (χ0) is 35.6. The number of fused-ring (bicyclic) bond motifs is 3. The van der Waals surface area contributed by atoms with E-state index in [2.05, 4.69) is 145 Å². The molecule has 0 spiro atoms. The molecule has 9 aromatic rings. The summed E-state index contributed by atoms with van der Waals surface area (Å²) < 4.78 is 0. The maximum absolute atomic E-state index is 8.77. The number of anilines is 1. The van der Waals surface area contributed by atoms with Crippen molar-refractivity contribution in [1.82, 2.24) is 0 Å². The number of para-hydroxylation sites is 1. The molecule has 9 aromatic carbocycles. The fourth-order valence-corrected chi connectivity index (χ4v) is 7.35. The Kier molecular flexibility index (Phi) is 8.35. The molecule has 0 heterocycles. The van der Waals surface area contributed by atoms with Crippen LogP contribution in [0, 0.1) is 5.41 Å². The first-order valence-corrected chi connectivity index (χ1v) is 17.9. The summed E-state index contributed by atoms with van der Waals surface area (Å²) in [5, 5.41) is 19.6. The van der Waals surface area contributed by atoms with Gasteiger partial charge in [-0.3, -0.25) is 5.41 Å². The number of nitrogens with one attached hydrogen (secondary N) is 2. The summed E-state index contributed by atoms with van der Waals surface area (Å²) in [4.78, 5) is 4.78. The van der Waals surface area contributed by atoms with E-state index in [4.69, 9.17) is 10.4 Å². The first-order valence-electron chi connectivity index (χ1n) is 17.9. The van der Waals surface area contributed by atoms with Crippen molar-refractivity contribution in [2.24, 2.45) is 4.99 Å². The Morgan fingerprint density at radius 2 is 0.925 bits per heavy atom. The van der Waals surface area contributed by atoms with E-state index in [0.29, 0.717) is 5.84 Å². The highest BCUT2D eigenvalue weighted by Crippen LogP contribution is 2.45. The van der Waals surface area contributed by atoms with Crippen molar-refractivity contribution < 1.29 is 0 Å². The summed E-state index contributed by atoms with van der Waals surface area (Å²) in [5.41, 5.74) is 9.69. The molecule has 0 aromatic heterocycles. The van der Waals surface area contributed by atoms with Gasteiger partial charge in [0.25, 0.3) is 0 Å². The second kappa shape index (κ2) is 13.9. The molecule has 0 saturated heterocycles. The molecule has 9 rings (SSSR count). The minimum Gasteiger partial charge on any atom is -0.340 e. The van der Waals surface area contributed by atoms with Crippen molar-refractivity contribution in [2.45, 2.75) is 0 Å². The normalized spacial score (nSPS) is 11.6. The minimum atomic E-state index is 0.199. The van der Waals surface area contributed by atoms with E-state index >= 15 is 0 Å². The second-order valence-corrected chi connectivity index (χ2v) is 13.2. The van der Waals surface area contributed by atoms with E-state index in [1.807, 2.05) is 60.7 Å². The van der Waals surface area contributed by atoms with Gasteiger partial charge in [0.1, 0.15) is 5.84 Å². The molecule has 250 valence electrons. The van der Waals surface area contributed by atoms with Crippen LogP contribution in [0.15, 0.2) is 205 Å². The number of benzene rings is 9. The van der Waals surface area contributed by atoms with Crippen molar-refractivity contribution in [3.63, 3.8) is 0 Å². The van der Waals surface area contributed by atoms with Crippen molar-refractivity contribution in [3.8, 4) is 33.4 Å². The van der Waals surface area contributed by atoms with Gasteiger partial charge in [0, 0.05) is 16.8 Å². The molecule has 53 heavy (non-hydrogen) atoms. The average Bonchev–Trinajstić information content (AvgIpc) is 3.23. The van der Waals surface area contributed by atoms with E-state index in [-0.39, 0.29) is 5.84 Å². The first-order chi connectivity index (χ1) is 26.2. The topological polar surface area (TPSA) is 48.2 Å². The van der Waals surface area contributed by atoms with Gasteiger partial charge in [-0.25, -0.2) is 4.99 Å². The highest BCUT2D eigenvalue weighted by Gasteiger charge is 2.18. The highest BCUT2D eigenvalue weighted by atomic mass is 15.0. The largest absolute Gasteiger partial charge is 0.340 e. The third-order valence-electron chi connectivity index (χ3n) is 9.92. The molecule has 2 N–H and O–H groups in total. The van der Waals surface area contributed by atoms with Crippen LogP contribution in [0.1, 0.15) is 11.1 Å². The van der Waals surface area contributed by atoms with Crippen LogP contribution in [-0.2, 0) is 0 Å². The Labute approximate surface area is 309 Å². The fourth-order valence-electron chi connectivity index (χ4n) is 7.35. The number of rotatable bonds is 6. The molecular weight excluding hydrogens is 643 g/mol. The molecule has 0 aliphatic carbocycles. The number of amidine groups is 2. The molecule has 0 unspecified atom stereocenters. The second-order valence-electron chi connectivity index (χ2n) is 13.2. The zero-order valence-electron chi connectivity index (χ0n) is 29.0. The van der Waals surface area contributed by atoms with Gasteiger partial charge in [-0.05, 0) is 90.0 Å². The lowest BCUT2D eigenvalue weighted by Gasteiger charge is -2.19. The summed E-state index contributed by atoms with van der Waals surface area (Å²) in [7, 11) is 0. The lowest BCUT2D eigenvalue weighted by atomic mass is 9.84. The number of nitrogens with zero attached hydrogens (tertiary/aromatic N) is 1. The van der Waals surface area contributed by atoms with Crippen molar-refractivity contribution in [2.75, 3.05) is 5.32 Å². The van der Waals surface area contributed by atoms with Gasteiger partial charge in [0.2, 0.25) is 0 Å². The van der Waals surface area contributed by atoms with Gasteiger partial charge in [-0.2, -0.15) is 0 Å². The molecule has 0 aliphatic heterocycles. The molecule has 0 aliphatic rings. The number of hydrogen-bond acceptors (Lipinski definition) is 1. The predicted octanol–water partition coefficient (Wildman–Crippen LogP) is 13.0. The molecule has 0 radical (unpaired) electrons. The summed E-state index contributed by atoms with van der Waals surface area (Å²) in [6, 6.07) is 69.9. The summed E-state index contributed by atoms with van der Waals surface area (Å²) in [6.45, 7) is 0. The number of hydrogen-bond donors (Lipinski definition) is 2. The standard InChI is InChI=1S/C50H35N3/c51-49(37-17-6-2-7-18-37)53-50(52-42-20-8-3-9-21-42)38-27-24-35(25-28-38)40-30-31-45-46(33-40)48(41-29-26-34-14-10-11-19-39(34)32-41)44-23-13-12-22-43(44)47(45)36-15-4-1-5-16-36/h1-33H,(H2,51,52,53). The van der Waals surface area contributed by atoms with Crippen LogP contribution >= 0.6 is 0 Å². The lowest BCUT2D eigenvalue weighted by Crippen LogP contribution is -2.16. The fraction of sp³-hybridized carbons (Fsp3) is 0. The van der Waals surface area contributed by atoms with Crippen LogP contribution in [0.3, 0.4) is 0 Å². The van der Waals surface area contributed by atoms with Crippen LogP contribution in [-0.4, -0.2) is 11.7 Å². The van der Waals surface area contributed by atoms with E-state index < -0.39 is 0 Å². The van der Waals surface area contributed by atoms with E-state index in [0.717, 1.165) is 27.9 Å². The van der Waals surface area contributed by atoms with Crippen LogP contribution in [0.5, 0.6) is 0 Å². The monoisotopic (exact) mass is 677 g/mol. The van der Waals surface area contributed by atoms with Crippen LogP contribution < -0.4 is 5.32 Å². The van der Waals surface area contributed by atoms with Gasteiger partial charge < -0.3 is 5.32 Å². The molecule has 0 bridgehead atoms. The van der Waals surface area contributed by atoms with E-state index in [9.17, 15) is 0 Å². The van der Waals surface area contributed by atoms with E-state index in [1.54, 1.807) is 0 Å². The average molecular weight is 678 g/mol. The Hall–Kier alpha value is -7.10. The maximum Gasteiger partial charge on any atom is 0.154 e. The van der Waals surface area contributed by atoms with Crippen LogP contribution in [0.2, 0.25) is 0 Å². The summed E-state index contributed by atoms with van der Waals surface area (Å²) in [6.07, 6.45) is 0. The van der Waals surface area contributed by atoms with E-state index in [1.165, 1.54) is 54.6 Å². The van der Waals surface area contributed by atoms with Gasteiger partial charge in [0.05, 0.1) is 0 Å². The Balaban J connectivity index is 1.20. The van der Waals surface area contributed by atoms with Crippen molar-refractivity contribution in [1.29, 1.82) is 5.41 Å². The molecule has 0 amide bonds. The minimum absolute atomic E-state index is 0.199. The SMILES string of the molecule is N=C(/N=C(\Nc1ccccc1)c1ccc(-c2ccc3c(-c4ccccc4)c4ccccc4c(-c4ccc5ccccc5c4)c3c2)cc1)c1ccccc1. The van der Waals surface area contributed by atoms with Crippen molar-refractivity contribution >= 4 is 49.7 Å². The molecule has 3 heteroatoms. The Morgan fingerprint density at radius 3 is 1.64 bits per heavy atom. The Morgan fingerprint density at radius 1 is 0.377 bits per heavy atom. The molecular formula is C50H35N3. The van der Waals surface area contributed by atoms with Crippen LogP contribution in [0.25, 0.3) is 65.7 Å². The van der Waals surface area contributed by atoms with Gasteiger partial charge in [-0.15, -0.1) is 0 Å². The predicted molar refractivity (Wildman–Crippen MR) is 225 cm³/mol. The van der Waals surface area contributed by atoms with Crippen LogP contribution in [0.4, 0.5) is 5.69 Å². The van der Waals surface area contributed by atoms with Crippen molar-refractivity contribution in [3.05, 3.63) is 211 Å². The first kappa shape index (κ1) is 31.9. The molecule has 3 nitrogen and oxygen atoms in total. The third-order valence-corrected chi connectivity index (χ3v) is 9.92. The third kappa shape index (κ3) is 6.26. The van der Waals surface area contributed by atoms with Gasteiger partial charge in [-0.1, -0.05) is 176 Å². The lowest BCUT2D eigenvalue weighted by molar-refractivity contribution is 1.40.